The Hall–Kier alpha value is -2.78. The topological polar surface area (TPSA) is 70.1 Å². The maximum atomic E-state index is 13.9. The van der Waals surface area contributed by atoms with Gasteiger partial charge in [-0.1, -0.05) is 48.9 Å². The lowest BCUT2D eigenvalue weighted by Gasteiger charge is -2.38. The highest BCUT2D eigenvalue weighted by atomic mass is 35.5. The molecule has 2 aromatic rings. The Kier molecular flexibility index (Phi) is 9.70. The van der Waals surface area contributed by atoms with Gasteiger partial charge in [0.15, 0.2) is 0 Å². The van der Waals surface area contributed by atoms with Crippen molar-refractivity contribution >= 4 is 23.4 Å². The number of benzene rings is 2. The molecular formula is C28H34ClF3N2O4. The van der Waals surface area contributed by atoms with Gasteiger partial charge in [-0.25, -0.2) is 0 Å². The number of alkyl halides is 3. The number of carbonyl (C=O) groups is 2. The van der Waals surface area contributed by atoms with Crippen LogP contribution >= 0.6 is 11.6 Å². The smallest absolute Gasteiger partial charge is 0.430 e. The van der Waals surface area contributed by atoms with Gasteiger partial charge in [-0.2, -0.15) is 13.2 Å². The lowest BCUT2D eigenvalue weighted by atomic mass is 9.87. The van der Waals surface area contributed by atoms with E-state index in [2.05, 4.69) is 0 Å². The number of nitrogens with zero attached hydrogens (tertiary/aromatic N) is 2. The molecule has 10 heteroatoms. The van der Waals surface area contributed by atoms with Crippen molar-refractivity contribution in [2.75, 3.05) is 33.8 Å². The molecule has 0 saturated carbocycles. The molecule has 0 aromatic heterocycles. The normalized spacial score (nSPS) is 17.0. The summed E-state index contributed by atoms with van der Waals surface area (Å²) in [6.45, 7) is 2.82. The van der Waals surface area contributed by atoms with Gasteiger partial charge < -0.3 is 19.6 Å². The Balaban J connectivity index is 1.48. The fourth-order valence-corrected chi connectivity index (χ4v) is 4.83. The zero-order valence-electron chi connectivity index (χ0n) is 21.8. The predicted octanol–water partition coefficient (Wildman–Crippen LogP) is 5.53. The third kappa shape index (κ3) is 6.80. The summed E-state index contributed by atoms with van der Waals surface area (Å²) in [6, 6.07) is 11.5. The minimum Gasteiger partial charge on any atom is -0.493 e. The molecule has 1 heterocycles. The summed E-state index contributed by atoms with van der Waals surface area (Å²) in [4.78, 5) is 27.6. The fraction of sp³-hybridized carbons (Fsp3) is 0.500. The highest BCUT2D eigenvalue weighted by Gasteiger charge is 2.62. The van der Waals surface area contributed by atoms with E-state index in [1.165, 1.54) is 23.1 Å². The van der Waals surface area contributed by atoms with Crippen molar-refractivity contribution < 1.29 is 32.6 Å². The molecule has 3 rings (SSSR count). The van der Waals surface area contributed by atoms with Crippen LogP contribution in [0.1, 0.15) is 48.5 Å². The summed E-state index contributed by atoms with van der Waals surface area (Å²) in [5, 5.41) is 10.9. The molecule has 1 N–H and O–H groups in total. The molecule has 1 aliphatic heterocycles. The van der Waals surface area contributed by atoms with E-state index < -0.39 is 23.2 Å². The van der Waals surface area contributed by atoms with Crippen LogP contribution in [0.2, 0.25) is 5.02 Å². The number of amides is 2. The van der Waals surface area contributed by atoms with Gasteiger partial charge in [-0.3, -0.25) is 9.59 Å². The molecule has 0 bridgehead atoms. The Morgan fingerprint density at radius 2 is 1.76 bits per heavy atom. The van der Waals surface area contributed by atoms with Crippen LogP contribution in [0.5, 0.6) is 5.75 Å². The standard InChI is InChI=1S/C28H34ClF3N2O4/c1-19(18-38-22-11-12-23(24(29)17-22)25(35)33(2)3)9-10-20-13-15-34(16-14-20)26(36)27(37,28(30,31)32)21-7-5-4-6-8-21/h4-8,11-12,17,19-20,37H,9-10,13-16,18H2,1-3H3. The second-order valence-corrected chi connectivity index (χ2v) is 10.6. The Labute approximate surface area is 226 Å². The van der Waals surface area contributed by atoms with E-state index >= 15 is 0 Å². The van der Waals surface area contributed by atoms with Gasteiger partial charge in [0.2, 0.25) is 0 Å². The van der Waals surface area contributed by atoms with Crippen LogP contribution in [0.3, 0.4) is 0 Å². The first-order valence-corrected chi connectivity index (χ1v) is 13.0. The maximum absolute atomic E-state index is 13.9. The first-order valence-electron chi connectivity index (χ1n) is 12.6. The Bertz CT molecular complexity index is 1110. The van der Waals surface area contributed by atoms with Crippen molar-refractivity contribution in [1.29, 1.82) is 0 Å². The van der Waals surface area contributed by atoms with Gasteiger partial charge in [0.05, 0.1) is 17.2 Å². The predicted molar refractivity (Wildman–Crippen MR) is 139 cm³/mol. The van der Waals surface area contributed by atoms with Crippen LogP contribution < -0.4 is 4.74 Å². The van der Waals surface area contributed by atoms with Crippen molar-refractivity contribution in [1.82, 2.24) is 9.80 Å². The molecule has 0 spiro atoms. The summed E-state index contributed by atoms with van der Waals surface area (Å²) in [5.74, 6) is -0.466. The number of hydrogen-bond donors (Lipinski definition) is 1. The van der Waals surface area contributed by atoms with Crippen molar-refractivity contribution in [2.24, 2.45) is 11.8 Å². The number of halogens is 4. The number of piperidine rings is 1. The van der Waals surface area contributed by atoms with Crippen molar-refractivity contribution in [3.63, 3.8) is 0 Å². The van der Waals surface area contributed by atoms with Crippen LogP contribution in [-0.4, -0.2) is 66.7 Å². The third-order valence-electron chi connectivity index (χ3n) is 6.99. The van der Waals surface area contributed by atoms with E-state index in [-0.39, 0.29) is 30.8 Å². The highest BCUT2D eigenvalue weighted by molar-refractivity contribution is 6.34. The summed E-state index contributed by atoms with van der Waals surface area (Å²) in [5.41, 5.74) is -3.64. The molecule has 1 saturated heterocycles. The van der Waals surface area contributed by atoms with E-state index in [1.54, 1.807) is 32.3 Å². The van der Waals surface area contributed by atoms with Crippen LogP contribution in [0.15, 0.2) is 48.5 Å². The first kappa shape index (κ1) is 29.8. The highest BCUT2D eigenvalue weighted by Crippen LogP contribution is 2.41. The lowest BCUT2D eigenvalue weighted by Crippen LogP contribution is -2.57. The van der Waals surface area contributed by atoms with E-state index in [4.69, 9.17) is 16.3 Å². The number of rotatable bonds is 9. The van der Waals surface area contributed by atoms with Crippen LogP contribution in [0, 0.1) is 11.8 Å². The lowest BCUT2D eigenvalue weighted by molar-refractivity contribution is -0.262. The van der Waals surface area contributed by atoms with Crippen LogP contribution in [0.4, 0.5) is 13.2 Å². The summed E-state index contributed by atoms with van der Waals surface area (Å²) < 4.78 is 47.4. The average Bonchev–Trinajstić information content (AvgIpc) is 2.89. The Morgan fingerprint density at radius 3 is 2.32 bits per heavy atom. The molecule has 0 radical (unpaired) electrons. The summed E-state index contributed by atoms with van der Waals surface area (Å²) in [6.07, 6.45) is -2.30. The largest absolute Gasteiger partial charge is 0.493 e. The van der Waals surface area contributed by atoms with E-state index in [1.807, 2.05) is 6.92 Å². The van der Waals surface area contributed by atoms with E-state index in [9.17, 15) is 27.9 Å². The third-order valence-corrected chi connectivity index (χ3v) is 7.31. The van der Waals surface area contributed by atoms with Gasteiger partial charge in [-0.15, -0.1) is 0 Å². The molecule has 0 aliphatic carbocycles. The molecule has 2 unspecified atom stereocenters. The summed E-state index contributed by atoms with van der Waals surface area (Å²) in [7, 11) is 3.30. The molecule has 1 fully saturated rings. The monoisotopic (exact) mass is 554 g/mol. The number of likely N-dealkylation sites (tertiary alicyclic amines) is 1. The van der Waals surface area contributed by atoms with Gasteiger partial charge >= 0.3 is 6.18 Å². The molecule has 2 amide bonds. The minimum atomic E-state index is -5.13. The second-order valence-electron chi connectivity index (χ2n) is 10.1. The number of hydrogen-bond acceptors (Lipinski definition) is 4. The van der Waals surface area contributed by atoms with Crippen LogP contribution in [0.25, 0.3) is 0 Å². The van der Waals surface area contributed by atoms with E-state index in [0.717, 1.165) is 29.9 Å². The Morgan fingerprint density at radius 1 is 1.13 bits per heavy atom. The van der Waals surface area contributed by atoms with E-state index in [0.29, 0.717) is 35.8 Å². The van der Waals surface area contributed by atoms with Crippen molar-refractivity contribution in [3.8, 4) is 5.75 Å². The van der Waals surface area contributed by atoms with Crippen LogP contribution in [-0.2, 0) is 10.4 Å². The maximum Gasteiger partial charge on any atom is 0.430 e. The minimum absolute atomic E-state index is 0.163. The molecule has 38 heavy (non-hydrogen) atoms. The number of ether oxygens (including phenoxy) is 1. The van der Waals surface area contributed by atoms with Gasteiger partial charge in [-0.05, 0) is 55.7 Å². The van der Waals surface area contributed by atoms with Gasteiger partial charge in [0.1, 0.15) is 5.75 Å². The molecule has 208 valence electrons. The van der Waals surface area contributed by atoms with Crippen molar-refractivity contribution in [3.05, 3.63) is 64.7 Å². The zero-order chi connectivity index (χ0) is 28.1. The molecule has 6 nitrogen and oxygen atoms in total. The fourth-order valence-electron chi connectivity index (χ4n) is 4.58. The van der Waals surface area contributed by atoms with Crippen molar-refractivity contribution in [2.45, 2.75) is 44.4 Å². The number of carbonyl (C=O) groups excluding carboxylic acids is 2. The zero-order valence-corrected chi connectivity index (χ0v) is 22.6. The summed E-state index contributed by atoms with van der Waals surface area (Å²) >= 11 is 6.23. The number of aliphatic hydroxyl groups is 1. The molecule has 2 atom stereocenters. The van der Waals surface area contributed by atoms with Gasteiger partial charge in [0, 0.05) is 32.7 Å². The quantitative estimate of drug-likeness (QED) is 0.443. The molecular weight excluding hydrogens is 521 g/mol. The first-order chi connectivity index (χ1) is 17.8. The van der Waals surface area contributed by atoms with Gasteiger partial charge in [0.25, 0.3) is 17.4 Å². The average molecular weight is 555 g/mol. The SMILES string of the molecule is CC(CCC1CCN(C(=O)C(O)(c2ccccc2)C(F)(F)F)CC1)COc1ccc(C(=O)N(C)C)c(Cl)c1. The second kappa shape index (κ2) is 12.4. The molecule has 2 aromatic carbocycles. The molecule has 1 aliphatic rings.